The highest BCUT2D eigenvalue weighted by atomic mass is 16.4. The molecule has 1 atom stereocenters. The number of carbonyl (C=O) groups is 2. The number of carboxylic acid groups (broad SMARTS) is 2. The summed E-state index contributed by atoms with van der Waals surface area (Å²) in [6, 6.07) is 0. The van der Waals surface area contributed by atoms with Gasteiger partial charge in [-0.25, -0.2) is 0 Å². The molecular formula is C24H42O4. The Hall–Kier alpha value is -1.58. The van der Waals surface area contributed by atoms with E-state index in [0.717, 1.165) is 6.42 Å². The molecule has 0 aromatic carbocycles. The van der Waals surface area contributed by atoms with Crippen molar-refractivity contribution in [1.29, 1.82) is 0 Å². The lowest BCUT2D eigenvalue weighted by Crippen LogP contribution is -2.16. The SMILES string of the molecule is CCCCCCCCCCCCCCC/C=C/C=C/CC(CC(=O)O)C(=O)O. The number of allylic oxidation sites excluding steroid dienone is 4. The molecule has 0 saturated heterocycles. The van der Waals surface area contributed by atoms with Crippen LogP contribution in [0.3, 0.4) is 0 Å². The van der Waals surface area contributed by atoms with Gasteiger partial charge in [0.1, 0.15) is 0 Å². The summed E-state index contributed by atoms with van der Waals surface area (Å²) in [7, 11) is 0. The summed E-state index contributed by atoms with van der Waals surface area (Å²) in [5, 5.41) is 17.6. The Morgan fingerprint density at radius 3 is 1.64 bits per heavy atom. The third-order valence-electron chi connectivity index (χ3n) is 5.05. The topological polar surface area (TPSA) is 74.6 Å². The van der Waals surface area contributed by atoms with Crippen LogP contribution in [0.4, 0.5) is 0 Å². The Bertz CT molecular complexity index is 440. The van der Waals surface area contributed by atoms with E-state index < -0.39 is 17.9 Å². The van der Waals surface area contributed by atoms with Crippen LogP contribution >= 0.6 is 0 Å². The Balaban J connectivity index is 3.44. The molecule has 0 rings (SSSR count). The van der Waals surface area contributed by atoms with E-state index in [1.165, 1.54) is 83.5 Å². The molecule has 162 valence electrons. The highest BCUT2D eigenvalue weighted by Gasteiger charge is 2.18. The monoisotopic (exact) mass is 394 g/mol. The van der Waals surface area contributed by atoms with Crippen molar-refractivity contribution in [2.75, 3.05) is 0 Å². The van der Waals surface area contributed by atoms with Crippen LogP contribution in [0, 0.1) is 5.92 Å². The average molecular weight is 395 g/mol. The zero-order valence-electron chi connectivity index (χ0n) is 17.9. The lowest BCUT2D eigenvalue weighted by molar-refractivity contribution is -0.148. The zero-order chi connectivity index (χ0) is 20.9. The Morgan fingerprint density at radius 1 is 0.714 bits per heavy atom. The standard InChI is InChI=1S/C24H42O4/c1-2-3-4-5-6-7-8-9-10-11-12-13-14-15-16-17-18-19-20-22(24(27)28)21-23(25)26/h16-19,22H,2-15,20-21H2,1H3,(H,25,26)(H,27,28)/b17-16+,19-18+. The summed E-state index contributed by atoms with van der Waals surface area (Å²) in [5.41, 5.74) is 0. The molecule has 0 aliphatic carbocycles. The fraction of sp³-hybridized carbons (Fsp3) is 0.750. The molecule has 0 radical (unpaired) electrons. The van der Waals surface area contributed by atoms with Crippen molar-refractivity contribution in [3.05, 3.63) is 24.3 Å². The fourth-order valence-electron chi connectivity index (χ4n) is 3.26. The van der Waals surface area contributed by atoms with Gasteiger partial charge in [0, 0.05) is 0 Å². The molecular weight excluding hydrogens is 352 g/mol. The van der Waals surface area contributed by atoms with E-state index in [-0.39, 0.29) is 12.8 Å². The third-order valence-corrected chi connectivity index (χ3v) is 5.05. The fourth-order valence-corrected chi connectivity index (χ4v) is 3.26. The normalized spacial score (nSPS) is 12.8. The second-order valence-corrected chi connectivity index (χ2v) is 7.76. The van der Waals surface area contributed by atoms with E-state index in [2.05, 4.69) is 13.0 Å². The molecule has 0 fully saturated rings. The van der Waals surface area contributed by atoms with Gasteiger partial charge < -0.3 is 10.2 Å². The first-order valence-corrected chi connectivity index (χ1v) is 11.3. The Morgan fingerprint density at radius 2 is 1.18 bits per heavy atom. The molecule has 1 unspecified atom stereocenters. The van der Waals surface area contributed by atoms with Crippen molar-refractivity contribution in [1.82, 2.24) is 0 Å². The molecule has 4 nitrogen and oxygen atoms in total. The maximum atomic E-state index is 10.9. The van der Waals surface area contributed by atoms with Crippen LogP contribution in [0.1, 0.15) is 110 Å². The number of aliphatic carboxylic acids is 2. The lowest BCUT2D eigenvalue weighted by atomic mass is 10.0. The van der Waals surface area contributed by atoms with Crippen LogP contribution in [0.2, 0.25) is 0 Å². The quantitative estimate of drug-likeness (QED) is 0.170. The van der Waals surface area contributed by atoms with Crippen LogP contribution < -0.4 is 0 Å². The van der Waals surface area contributed by atoms with Gasteiger partial charge in [-0.2, -0.15) is 0 Å². The van der Waals surface area contributed by atoms with Crippen molar-refractivity contribution >= 4 is 11.9 Å². The summed E-state index contributed by atoms with van der Waals surface area (Å²) in [6.45, 7) is 2.26. The number of hydrogen-bond donors (Lipinski definition) is 2. The molecule has 4 heteroatoms. The second-order valence-electron chi connectivity index (χ2n) is 7.76. The van der Waals surface area contributed by atoms with Gasteiger partial charge in [0.05, 0.1) is 12.3 Å². The second kappa shape index (κ2) is 20.2. The van der Waals surface area contributed by atoms with Gasteiger partial charge >= 0.3 is 11.9 Å². The largest absolute Gasteiger partial charge is 0.481 e. The van der Waals surface area contributed by atoms with Gasteiger partial charge in [-0.3, -0.25) is 9.59 Å². The first-order valence-electron chi connectivity index (χ1n) is 11.3. The molecule has 0 saturated carbocycles. The summed E-state index contributed by atoms with van der Waals surface area (Å²) in [4.78, 5) is 21.5. The van der Waals surface area contributed by atoms with Crippen molar-refractivity contribution in [3.8, 4) is 0 Å². The third kappa shape index (κ3) is 19.2. The maximum Gasteiger partial charge on any atom is 0.307 e. The molecule has 0 bridgehead atoms. The van der Waals surface area contributed by atoms with Crippen molar-refractivity contribution in [2.45, 2.75) is 110 Å². The molecule has 0 spiro atoms. The van der Waals surface area contributed by atoms with E-state index in [1.54, 1.807) is 6.08 Å². The Labute approximate surface area is 172 Å². The Kier molecular flexibility index (Phi) is 19.0. The number of hydrogen-bond acceptors (Lipinski definition) is 2. The van der Waals surface area contributed by atoms with Crippen LogP contribution in [0.5, 0.6) is 0 Å². The van der Waals surface area contributed by atoms with Crippen LogP contribution in [-0.2, 0) is 9.59 Å². The molecule has 0 aliphatic rings. The lowest BCUT2D eigenvalue weighted by Gasteiger charge is -2.05. The molecule has 28 heavy (non-hydrogen) atoms. The van der Waals surface area contributed by atoms with Crippen LogP contribution in [0.15, 0.2) is 24.3 Å². The zero-order valence-corrected chi connectivity index (χ0v) is 17.9. The predicted molar refractivity (Wildman–Crippen MR) is 117 cm³/mol. The molecule has 0 aliphatic heterocycles. The van der Waals surface area contributed by atoms with Gasteiger partial charge in [-0.05, 0) is 19.3 Å². The van der Waals surface area contributed by atoms with Crippen molar-refractivity contribution < 1.29 is 19.8 Å². The minimum atomic E-state index is -1.07. The summed E-state index contributed by atoms with van der Waals surface area (Å²) >= 11 is 0. The van der Waals surface area contributed by atoms with E-state index in [0.29, 0.717) is 0 Å². The maximum absolute atomic E-state index is 10.9. The average Bonchev–Trinajstić information content (AvgIpc) is 2.65. The van der Waals surface area contributed by atoms with Gasteiger partial charge in [0.25, 0.3) is 0 Å². The van der Waals surface area contributed by atoms with Gasteiger partial charge in [0.15, 0.2) is 0 Å². The first kappa shape index (κ1) is 26.4. The minimum Gasteiger partial charge on any atom is -0.481 e. The first-order chi connectivity index (χ1) is 13.6. The highest BCUT2D eigenvalue weighted by molar-refractivity contribution is 5.77. The molecule has 0 heterocycles. The van der Waals surface area contributed by atoms with Gasteiger partial charge in [-0.15, -0.1) is 0 Å². The molecule has 0 aromatic rings. The predicted octanol–water partition coefficient (Wildman–Crippen LogP) is 7.15. The van der Waals surface area contributed by atoms with E-state index in [1.807, 2.05) is 12.2 Å². The van der Waals surface area contributed by atoms with E-state index >= 15 is 0 Å². The van der Waals surface area contributed by atoms with E-state index in [9.17, 15) is 9.59 Å². The summed E-state index contributed by atoms with van der Waals surface area (Å²) in [5.74, 6) is -2.97. The van der Waals surface area contributed by atoms with Crippen molar-refractivity contribution in [3.63, 3.8) is 0 Å². The molecule has 2 N–H and O–H groups in total. The summed E-state index contributed by atoms with van der Waals surface area (Å²) < 4.78 is 0. The van der Waals surface area contributed by atoms with Crippen LogP contribution in [0.25, 0.3) is 0 Å². The van der Waals surface area contributed by atoms with Gasteiger partial charge in [-0.1, -0.05) is 108 Å². The van der Waals surface area contributed by atoms with E-state index in [4.69, 9.17) is 10.2 Å². The summed E-state index contributed by atoms with van der Waals surface area (Å²) in [6.07, 6.45) is 26.2. The highest BCUT2D eigenvalue weighted by Crippen LogP contribution is 2.13. The number of carboxylic acids is 2. The van der Waals surface area contributed by atoms with Crippen molar-refractivity contribution in [2.24, 2.45) is 5.92 Å². The number of unbranched alkanes of at least 4 members (excludes halogenated alkanes) is 13. The van der Waals surface area contributed by atoms with Crippen LogP contribution in [-0.4, -0.2) is 22.2 Å². The number of rotatable bonds is 20. The molecule has 0 aromatic heterocycles. The van der Waals surface area contributed by atoms with Gasteiger partial charge in [0.2, 0.25) is 0 Å². The smallest absolute Gasteiger partial charge is 0.307 e. The molecule has 0 amide bonds. The minimum absolute atomic E-state index is 0.255.